The number of hydrogen-bond acceptors (Lipinski definition) is 3. The number of rotatable bonds is 2. The Kier molecular flexibility index (Phi) is 3.55. The Hall–Kier alpha value is -2.83. The summed E-state index contributed by atoms with van der Waals surface area (Å²) in [4.78, 5) is 0. The number of nitrogens with zero attached hydrogens (tertiary/aromatic N) is 3. The maximum atomic E-state index is 12.7. The van der Waals surface area contributed by atoms with Crippen LogP contribution in [0.5, 0.6) is 5.88 Å². The van der Waals surface area contributed by atoms with Crippen molar-refractivity contribution in [1.82, 2.24) is 4.57 Å². The molecular formula is C16H12F3N3O. The molecule has 0 aliphatic heterocycles. The Labute approximate surface area is 129 Å². The summed E-state index contributed by atoms with van der Waals surface area (Å²) in [5.41, 5.74) is 0.242. The van der Waals surface area contributed by atoms with E-state index < -0.39 is 11.7 Å². The van der Waals surface area contributed by atoms with Gasteiger partial charge >= 0.3 is 6.18 Å². The largest absolute Gasteiger partial charge is 0.493 e. The molecule has 7 heteroatoms. The van der Waals surface area contributed by atoms with E-state index in [2.05, 4.69) is 10.2 Å². The van der Waals surface area contributed by atoms with Gasteiger partial charge in [0, 0.05) is 12.4 Å². The number of aryl methyl sites for hydroxylation is 1. The van der Waals surface area contributed by atoms with Crippen molar-refractivity contribution in [3.63, 3.8) is 0 Å². The number of azo groups is 1. The van der Waals surface area contributed by atoms with E-state index in [9.17, 15) is 18.3 Å². The average Bonchev–Trinajstić information content (AvgIpc) is 2.77. The summed E-state index contributed by atoms with van der Waals surface area (Å²) in [6.45, 7) is 0. The van der Waals surface area contributed by atoms with Gasteiger partial charge in [-0.15, -0.1) is 5.11 Å². The van der Waals surface area contributed by atoms with Crippen LogP contribution in [-0.2, 0) is 13.2 Å². The Morgan fingerprint density at radius 2 is 1.74 bits per heavy atom. The second-order valence-corrected chi connectivity index (χ2v) is 5.00. The summed E-state index contributed by atoms with van der Waals surface area (Å²) in [5.74, 6) is -0.0954. The topological polar surface area (TPSA) is 49.9 Å². The zero-order chi connectivity index (χ0) is 16.6. The number of hydrogen-bond donors (Lipinski definition) is 1. The summed E-state index contributed by atoms with van der Waals surface area (Å²) >= 11 is 0. The highest BCUT2D eigenvalue weighted by molar-refractivity contribution is 5.94. The van der Waals surface area contributed by atoms with Gasteiger partial charge in [0.05, 0.1) is 16.8 Å². The van der Waals surface area contributed by atoms with Gasteiger partial charge in [-0.25, -0.2) is 0 Å². The van der Waals surface area contributed by atoms with Crippen molar-refractivity contribution in [3.05, 3.63) is 54.1 Å². The van der Waals surface area contributed by atoms with E-state index in [1.165, 1.54) is 16.7 Å². The first-order valence-electron chi connectivity index (χ1n) is 6.73. The van der Waals surface area contributed by atoms with E-state index in [0.29, 0.717) is 5.39 Å². The highest BCUT2D eigenvalue weighted by Crippen LogP contribution is 2.39. The molecule has 0 spiro atoms. The van der Waals surface area contributed by atoms with Crippen molar-refractivity contribution >= 4 is 22.3 Å². The van der Waals surface area contributed by atoms with Crippen LogP contribution in [0.1, 0.15) is 5.56 Å². The second kappa shape index (κ2) is 5.42. The van der Waals surface area contributed by atoms with Crippen LogP contribution in [0.15, 0.2) is 58.8 Å². The summed E-state index contributed by atoms with van der Waals surface area (Å²) in [5, 5.41) is 18.5. The monoisotopic (exact) mass is 319 g/mol. The summed E-state index contributed by atoms with van der Waals surface area (Å²) in [6, 6.07) is 11.7. The van der Waals surface area contributed by atoms with Gasteiger partial charge in [-0.2, -0.15) is 18.3 Å². The first-order valence-corrected chi connectivity index (χ1v) is 6.73. The summed E-state index contributed by atoms with van der Waals surface area (Å²) < 4.78 is 39.6. The molecule has 4 nitrogen and oxygen atoms in total. The second-order valence-electron chi connectivity index (χ2n) is 5.00. The van der Waals surface area contributed by atoms with Crippen LogP contribution in [0.4, 0.5) is 24.5 Å². The van der Waals surface area contributed by atoms with Crippen LogP contribution in [0.3, 0.4) is 0 Å². The third kappa shape index (κ3) is 2.77. The fourth-order valence-electron chi connectivity index (χ4n) is 2.31. The van der Waals surface area contributed by atoms with E-state index in [1.54, 1.807) is 25.2 Å². The average molecular weight is 319 g/mol. The maximum absolute atomic E-state index is 12.7. The molecule has 1 aromatic heterocycles. The van der Waals surface area contributed by atoms with Crippen LogP contribution in [0.25, 0.3) is 10.9 Å². The molecule has 0 unspecified atom stereocenters. The van der Waals surface area contributed by atoms with E-state index in [4.69, 9.17) is 0 Å². The molecule has 118 valence electrons. The number of para-hydroxylation sites is 1. The lowest BCUT2D eigenvalue weighted by molar-refractivity contribution is -0.137. The number of benzene rings is 2. The molecule has 3 rings (SSSR count). The minimum atomic E-state index is -4.44. The molecule has 3 aromatic rings. The quantitative estimate of drug-likeness (QED) is 0.639. The maximum Gasteiger partial charge on any atom is 0.416 e. The van der Waals surface area contributed by atoms with Gasteiger partial charge in [-0.3, -0.25) is 0 Å². The smallest absolute Gasteiger partial charge is 0.416 e. The molecule has 0 aliphatic carbocycles. The number of fused-ring (bicyclic) bond motifs is 1. The van der Waals surface area contributed by atoms with E-state index in [-0.39, 0.29) is 17.3 Å². The van der Waals surface area contributed by atoms with E-state index >= 15 is 0 Å². The van der Waals surface area contributed by atoms with Crippen molar-refractivity contribution in [2.24, 2.45) is 17.3 Å². The SMILES string of the molecule is Cn1c(O)c(N=Nc2cccc(C(F)(F)F)c2)c2ccccc21. The Morgan fingerprint density at radius 3 is 2.48 bits per heavy atom. The highest BCUT2D eigenvalue weighted by Gasteiger charge is 2.30. The van der Waals surface area contributed by atoms with Crippen molar-refractivity contribution in [3.8, 4) is 5.88 Å². The third-order valence-corrected chi connectivity index (χ3v) is 3.49. The van der Waals surface area contributed by atoms with Gasteiger partial charge in [0.1, 0.15) is 0 Å². The molecule has 23 heavy (non-hydrogen) atoms. The number of alkyl halides is 3. The van der Waals surface area contributed by atoms with Crippen LogP contribution >= 0.6 is 0 Å². The van der Waals surface area contributed by atoms with Crippen molar-refractivity contribution in [2.75, 3.05) is 0 Å². The molecule has 2 aromatic carbocycles. The van der Waals surface area contributed by atoms with Gasteiger partial charge in [0.15, 0.2) is 5.69 Å². The van der Waals surface area contributed by atoms with Crippen molar-refractivity contribution < 1.29 is 18.3 Å². The first kappa shape index (κ1) is 15.1. The lowest BCUT2D eigenvalue weighted by Gasteiger charge is -2.05. The molecule has 0 radical (unpaired) electrons. The zero-order valence-corrected chi connectivity index (χ0v) is 12.0. The predicted octanol–water partition coefficient (Wildman–Crippen LogP) is 5.32. The molecule has 0 saturated heterocycles. The molecule has 1 N–H and O–H groups in total. The van der Waals surface area contributed by atoms with Crippen LogP contribution < -0.4 is 0 Å². The fourth-order valence-corrected chi connectivity index (χ4v) is 2.31. The standard InChI is InChI=1S/C16H12F3N3O/c1-22-13-8-3-2-7-12(13)14(15(22)23)21-20-11-6-4-5-10(9-11)16(17,18)19/h2-9,23H,1H3. The van der Waals surface area contributed by atoms with Crippen molar-refractivity contribution in [1.29, 1.82) is 0 Å². The third-order valence-electron chi connectivity index (χ3n) is 3.49. The Bertz CT molecular complexity index is 897. The van der Waals surface area contributed by atoms with Gasteiger partial charge in [-0.1, -0.05) is 24.3 Å². The van der Waals surface area contributed by atoms with Crippen LogP contribution in [0, 0.1) is 0 Å². The minimum Gasteiger partial charge on any atom is -0.493 e. The number of aromatic nitrogens is 1. The van der Waals surface area contributed by atoms with Gasteiger partial charge < -0.3 is 9.67 Å². The molecule has 0 bridgehead atoms. The van der Waals surface area contributed by atoms with E-state index in [1.807, 2.05) is 6.07 Å². The molecule has 1 heterocycles. The van der Waals surface area contributed by atoms with Gasteiger partial charge in [0.25, 0.3) is 0 Å². The van der Waals surface area contributed by atoms with Crippen molar-refractivity contribution in [2.45, 2.75) is 6.18 Å². The molecule has 0 atom stereocenters. The molecule has 0 fully saturated rings. The zero-order valence-electron chi connectivity index (χ0n) is 12.0. The Balaban J connectivity index is 2.03. The van der Waals surface area contributed by atoms with E-state index in [0.717, 1.165) is 17.6 Å². The lowest BCUT2D eigenvalue weighted by atomic mass is 10.2. The predicted molar refractivity (Wildman–Crippen MR) is 80.2 cm³/mol. The Morgan fingerprint density at radius 1 is 1.00 bits per heavy atom. The summed E-state index contributed by atoms with van der Waals surface area (Å²) in [6.07, 6.45) is -4.44. The summed E-state index contributed by atoms with van der Waals surface area (Å²) in [7, 11) is 1.67. The fraction of sp³-hybridized carbons (Fsp3) is 0.125. The molecule has 0 amide bonds. The highest BCUT2D eigenvalue weighted by atomic mass is 19.4. The van der Waals surface area contributed by atoms with Crippen LogP contribution in [0.2, 0.25) is 0 Å². The lowest BCUT2D eigenvalue weighted by Crippen LogP contribution is -2.03. The number of halogens is 3. The normalized spacial score (nSPS) is 12.3. The van der Waals surface area contributed by atoms with Gasteiger partial charge in [-0.05, 0) is 24.3 Å². The first-order chi connectivity index (χ1) is 10.9. The van der Waals surface area contributed by atoms with Crippen LogP contribution in [-0.4, -0.2) is 9.67 Å². The molecule has 0 aliphatic rings. The molecular weight excluding hydrogens is 307 g/mol. The van der Waals surface area contributed by atoms with Gasteiger partial charge in [0.2, 0.25) is 5.88 Å². The number of aromatic hydroxyl groups is 1. The molecule has 0 saturated carbocycles. The minimum absolute atomic E-state index is 0.0622.